The number of carboxylic acid groups (broad SMARTS) is 1. The van der Waals surface area contributed by atoms with Gasteiger partial charge in [-0.2, -0.15) is 0 Å². The van der Waals surface area contributed by atoms with Crippen LogP contribution in [0.5, 0.6) is 11.5 Å². The zero-order chi connectivity index (χ0) is 27.6. The number of hydrogen-bond acceptors (Lipinski definition) is 10. The summed E-state index contributed by atoms with van der Waals surface area (Å²) >= 11 is 0. The summed E-state index contributed by atoms with van der Waals surface area (Å²) in [5.74, 6) is -1.69. The largest absolute Gasteiger partial charge is 0.481 e. The van der Waals surface area contributed by atoms with Gasteiger partial charge in [0.05, 0.1) is 41.5 Å². The number of rotatable bonds is 6. The van der Waals surface area contributed by atoms with Gasteiger partial charge in [0.1, 0.15) is 6.61 Å². The molecule has 0 saturated carbocycles. The van der Waals surface area contributed by atoms with Crippen molar-refractivity contribution in [3.8, 4) is 22.9 Å². The number of hydrogen-bond donors (Lipinski definition) is 4. The summed E-state index contributed by atoms with van der Waals surface area (Å²) in [4.78, 5) is 54.4. The summed E-state index contributed by atoms with van der Waals surface area (Å²) in [6.45, 7) is 1.49. The van der Waals surface area contributed by atoms with E-state index in [0.717, 1.165) is 0 Å². The molecule has 1 aromatic carbocycles. The van der Waals surface area contributed by atoms with Crippen molar-refractivity contribution in [2.45, 2.75) is 51.1 Å². The first-order valence-electron chi connectivity index (χ1n) is 12.3. The van der Waals surface area contributed by atoms with E-state index in [1.165, 1.54) is 4.57 Å². The third kappa shape index (κ3) is 3.72. The SMILES string of the molecule is CC[C@@]1(O)C(=O)OCc2c1cc1n(c2=O)Cc2c-1nc1cc3c(cc1c2CNC(=O)[C@@H](N)CC(=O)O)OCO3. The van der Waals surface area contributed by atoms with Crippen LogP contribution in [0.25, 0.3) is 22.3 Å². The second-order valence-electron chi connectivity index (χ2n) is 9.67. The third-order valence-electron chi connectivity index (χ3n) is 7.47. The van der Waals surface area contributed by atoms with Crippen LogP contribution in [0, 0.1) is 0 Å². The molecule has 0 fully saturated rings. The molecule has 6 rings (SSSR count). The molecule has 2 aromatic heterocycles. The number of esters is 1. The lowest BCUT2D eigenvalue weighted by Crippen LogP contribution is -2.44. The summed E-state index contributed by atoms with van der Waals surface area (Å²) in [5, 5.41) is 23.4. The summed E-state index contributed by atoms with van der Waals surface area (Å²) < 4.78 is 17.7. The topological polar surface area (TPSA) is 192 Å². The number of ether oxygens (including phenoxy) is 3. The van der Waals surface area contributed by atoms with Crippen LogP contribution in [0.1, 0.15) is 42.0 Å². The van der Waals surface area contributed by atoms with Gasteiger partial charge in [0.25, 0.3) is 5.56 Å². The highest BCUT2D eigenvalue weighted by molar-refractivity contribution is 5.92. The maximum absolute atomic E-state index is 13.6. The van der Waals surface area contributed by atoms with Crippen molar-refractivity contribution in [1.82, 2.24) is 14.9 Å². The van der Waals surface area contributed by atoms with E-state index in [-0.39, 0.29) is 44.0 Å². The molecule has 0 spiro atoms. The second-order valence-corrected chi connectivity index (χ2v) is 9.67. The minimum atomic E-state index is -1.97. The molecule has 0 unspecified atom stereocenters. The number of nitrogens with one attached hydrogen (secondary N) is 1. The van der Waals surface area contributed by atoms with E-state index in [1.54, 1.807) is 25.1 Å². The fraction of sp³-hybridized carbons (Fsp3) is 0.346. The third-order valence-corrected chi connectivity index (χ3v) is 7.47. The summed E-state index contributed by atoms with van der Waals surface area (Å²) in [5.41, 5.74) is 6.35. The number of cyclic esters (lactones) is 1. The number of aromatic nitrogens is 2. The van der Waals surface area contributed by atoms with Gasteiger partial charge in [-0.3, -0.25) is 14.4 Å². The van der Waals surface area contributed by atoms with Crippen LogP contribution in [0.2, 0.25) is 0 Å². The number of benzene rings is 1. The Labute approximate surface area is 220 Å². The number of nitrogens with two attached hydrogens (primary N) is 1. The van der Waals surface area contributed by atoms with E-state index in [0.29, 0.717) is 44.9 Å². The lowest BCUT2D eigenvalue weighted by atomic mass is 9.86. The Morgan fingerprint density at radius 3 is 2.64 bits per heavy atom. The van der Waals surface area contributed by atoms with Crippen molar-refractivity contribution >= 4 is 28.7 Å². The van der Waals surface area contributed by atoms with Crippen LogP contribution in [0.4, 0.5) is 0 Å². The molecule has 13 heteroatoms. The van der Waals surface area contributed by atoms with Crippen molar-refractivity contribution in [3.63, 3.8) is 0 Å². The van der Waals surface area contributed by atoms with E-state index >= 15 is 0 Å². The van der Waals surface area contributed by atoms with Crippen LogP contribution < -0.4 is 26.1 Å². The summed E-state index contributed by atoms with van der Waals surface area (Å²) in [7, 11) is 0. The predicted octanol–water partition coefficient (Wildman–Crippen LogP) is 0.227. The number of nitrogens with zero attached hydrogens (tertiary/aromatic N) is 2. The van der Waals surface area contributed by atoms with E-state index in [9.17, 15) is 24.3 Å². The fourth-order valence-electron chi connectivity index (χ4n) is 5.34. The van der Waals surface area contributed by atoms with E-state index in [2.05, 4.69) is 5.32 Å². The van der Waals surface area contributed by atoms with Crippen LogP contribution >= 0.6 is 0 Å². The molecule has 0 radical (unpaired) electrons. The number of aliphatic carboxylic acids is 1. The van der Waals surface area contributed by atoms with Gasteiger partial charge < -0.3 is 40.0 Å². The summed E-state index contributed by atoms with van der Waals surface area (Å²) in [6.07, 6.45) is -0.523. The highest BCUT2D eigenvalue weighted by Crippen LogP contribution is 2.43. The maximum atomic E-state index is 13.6. The second kappa shape index (κ2) is 8.78. The molecular formula is C26H24N4O9. The zero-order valence-electron chi connectivity index (χ0n) is 20.8. The number of amides is 1. The molecule has 1 amide bonds. The standard InChI is InChI=1S/C26H24N4O9/c1-2-26(36)15-4-18-22-13(8-30(18)24(34)14(15)9-37-25(26)35)12(7-28-23(33)16(27)5-21(31)32)11-3-19-20(39-10-38-19)6-17(11)29-22/h3-4,6,16,36H,2,5,7-10,27H2,1H3,(H,28,33)(H,31,32)/t16-,26-/m0/s1. The normalized spacial score (nSPS) is 19.2. The monoisotopic (exact) mass is 536 g/mol. The maximum Gasteiger partial charge on any atom is 0.343 e. The number of fused-ring (bicyclic) bond motifs is 6. The smallest absolute Gasteiger partial charge is 0.343 e. The molecule has 5 heterocycles. The van der Waals surface area contributed by atoms with E-state index in [1.807, 2.05) is 0 Å². The average molecular weight is 536 g/mol. The average Bonchev–Trinajstić information content (AvgIpc) is 3.51. The van der Waals surface area contributed by atoms with Crippen LogP contribution in [-0.4, -0.2) is 50.4 Å². The lowest BCUT2D eigenvalue weighted by Gasteiger charge is -2.31. The Hall–Kier alpha value is -4.49. The van der Waals surface area contributed by atoms with Gasteiger partial charge in [-0.05, 0) is 24.1 Å². The van der Waals surface area contributed by atoms with Crippen molar-refractivity contribution in [1.29, 1.82) is 0 Å². The molecular weight excluding hydrogens is 512 g/mol. The van der Waals surface area contributed by atoms with Gasteiger partial charge in [-0.15, -0.1) is 0 Å². The molecule has 0 aliphatic carbocycles. The fourth-order valence-corrected chi connectivity index (χ4v) is 5.34. The van der Waals surface area contributed by atoms with Gasteiger partial charge >= 0.3 is 11.9 Å². The van der Waals surface area contributed by atoms with Gasteiger partial charge in [0.15, 0.2) is 17.1 Å². The molecule has 202 valence electrons. The molecule has 2 atom stereocenters. The first kappa shape index (κ1) is 24.8. The van der Waals surface area contributed by atoms with E-state index < -0.39 is 41.5 Å². The van der Waals surface area contributed by atoms with Crippen molar-refractivity contribution in [3.05, 3.63) is 50.8 Å². The quantitative estimate of drug-likeness (QED) is 0.247. The summed E-state index contributed by atoms with van der Waals surface area (Å²) in [6, 6.07) is 3.78. The first-order chi connectivity index (χ1) is 18.6. The van der Waals surface area contributed by atoms with Gasteiger partial charge in [0.2, 0.25) is 12.7 Å². The number of pyridine rings is 2. The van der Waals surface area contributed by atoms with Crippen molar-refractivity contribution in [2.24, 2.45) is 5.73 Å². The molecule has 39 heavy (non-hydrogen) atoms. The first-order valence-corrected chi connectivity index (χ1v) is 12.3. The number of carbonyl (C=O) groups excluding carboxylic acids is 2. The Bertz CT molecular complexity index is 1660. The Morgan fingerprint density at radius 2 is 1.92 bits per heavy atom. The Balaban J connectivity index is 1.51. The Kier molecular flexibility index (Phi) is 5.59. The Morgan fingerprint density at radius 1 is 1.18 bits per heavy atom. The minimum Gasteiger partial charge on any atom is -0.481 e. The highest BCUT2D eigenvalue weighted by Gasteiger charge is 2.45. The number of carboxylic acids is 1. The lowest BCUT2D eigenvalue weighted by molar-refractivity contribution is -0.172. The zero-order valence-corrected chi connectivity index (χ0v) is 20.8. The highest BCUT2D eigenvalue weighted by atomic mass is 16.7. The van der Waals surface area contributed by atoms with Gasteiger partial charge in [-0.1, -0.05) is 6.92 Å². The number of carbonyl (C=O) groups is 3. The van der Waals surface area contributed by atoms with Gasteiger partial charge in [-0.25, -0.2) is 9.78 Å². The van der Waals surface area contributed by atoms with Crippen LogP contribution in [-0.2, 0) is 44.4 Å². The molecule has 3 aliphatic rings. The van der Waals surface area contributed by atoms with Crippen molar-refractivity contribution in [2.75, 3.05) is 6.79 Å². The molecule has 0 bridgehead atoms. The van der Waals surface area contributed by atoms with Crippen LogP contribution in [0.15, 0.2) is 23.0 Å². The number of aliphatic hydroxyl groups is 1. The molecule has 3 aromatic rings. The molecule has 3 aliphatic heterocycles. The molecule has 5 N–H and O–H groups in total. The minimum absolute atomic E-state index is 0.0110. The molecule has 13 nitrogen and oxygen atoms in total. The predicted molar refractivity (Wildman–Crippen MR) is 133 cm³/mol. The van der Waals surface area contributed by atoms with E-state index in [4.69, 9.17) is 30.0 Å². The van der Waals surface area contributed by atoms with Crippen molar-refractivity contribution < 1.29 is 38.8 Å². The molecule has 0 saturated heterocycles. The van der Waals surface area contributed by atoms with Crippen LogP contribution in [0.3, 0.4) is 0 Å². The van der Waals surface area contributed by atoms with Gasteiger partial charge in [0, 0.05) is 29.1 Å².